The third-order valence-electron chi connectivity index (χ3n) is 7.44. The van der Waals surface area contributed by atoms with Crippen LogP contribution in [0, 0.1) is 11.3 Å². The fourth-order valence-corrected chi connectivity index (χ4v) is 5.45. The summed E-state index contributed by atoms with van der Waals surface area (Å²) < 4.78 is 36.3. The third kappa shape index (κ3) is 3.58. The number of fused-ring (bicyclic) bond motifs is 1. The van der Waals surface area contributed by atoms with E-state index in [1.54, 1.807) is 12.3 Å². The minimum atomic E-state index is -2.87. The predicted molar refractivity (Wildman–Crippen MR) is 120 cm³/mol. The van der Waals surface area contributed by atoms with Gasteiger partial charge in [0, 0.05) is 31.4 Å². The Morgan fingerprint density at radius 3 is 2.54 bits per heavy atom. The molecular weight excluding hydrogens is 460 g/mol. The van der Waals surface area contributed by atoms with Crippen molar-refractivity contribution < 1.29 is 23.1 Å². The van der Waals surface area contributed by atoms with Gasteiger partial charge in [0.2, 0.25) is 0 Å². The molecular formula is C23H25F2N7O3. The average molecular weight is 485 g/mol. The number of halogens is 2. The Morgan fingerprint density at radius 1 is 1.20 bits per heavy atom. The first-order chi connectivity index (χ1) is 16.9. The number of ether oxygens (including phenoxy) is 1. The van der Waals surface area contributed by atoms with Crippen LogP contribution in [0.15, 0.2) is 18.5 Å². The SMILES string of the molecule is NC(=O)c1c(-c2cn(C3CCC(C=O)CC3)nc2C(F)F)nn2ccc(N3CC4(COC4)C3)nc12. The largest absolute Gasteiger partial charge is 0.380 e. The van der Waals surface area contributed by atoms with Crippen LogP contribution >= 0.6 is 0 Å². The zero-order valence-electron chi connectivity index (χ0n) is 18.9. The molecule has 0 bridgehead atoms. The second-order valence-electron chi connectivity index (χ2n) is 9.90. The van der Waals surface area contributed by atoms with Crippen LogP contribution in [0.5, 0.6) is 0 Å². The fourth-order valence-electron chi connectivity index (χ4n) is 5.45. The monoisotopic (exact) mass is 485 g/mol. The summed E-state index contributed by atoms with van der Waals surface area (Å²) in [7, 11) is 0. The van der Waals surface area contributed by atoms with Gasteiger partial charge in [0.05, 0.1) is 30.2 Å². The molecule has 12 heteroatoms. The molecule has 0 aromatic carbocycles. The smallest absolute Gasteiger partial charge is 0.282 e. The third-order valence-corrected chi connectivity index (χ3v) is 7.44. The molecule has 1 saturated carbocycles. The maximum atomic E-state index is 14.0. The van der Waals surface area contributed by atoms with Gasteiger partial charge in [-0.05, 0) is 31.7 Å². The van der Waals surface area contributed by atoms with Crippen LogP contribution in [0.25, 0.3) is 16.9 Å². The van der Waals surface area contributed by atoms with Crippen LogP contribution in [-0.4, -0.2) is 62.9 Å². The molecule has 3 fully saturated rings. The van der Waals surface area contributed by atoms with Crippen LogP contribution in [0.2, 0.25) is 0 Å². The van der Waals surface area contributed by atoms with Crippen LogP contribution < -0.4 is 10.6 Å². The van der Waals surface area contributed by atoms with E-state index in [1.165, 1.54) is 15.4 Å². The summed E-state index contributed by atoms with van der Waals surface area (Å²) in [5.41, 5.74) is 5.73. The molecule has 35 heavy (non-hydrogen) atoms. The molecule has 2 saturated heterocycles. The molecule has 2 aliphatic heterocycles. The Kier molecular flexibility index (Phi) is 5.09. The van der Waals surface area contributed by atoms with E-state index in [2.05, 4.69) is 20.1 Å². The highest BCUT2D eigenvalue weighted by Crippen LogP contribution is 2.40. The fraction of sp³-hybridized carbons (Fsp3) is 0.522. The van der Waals surface area contributed by atoms with E-state index in [-0.39, 0.29) is 39.8 Å². The minimum Gasteiger partial charge on any atom is -0.380 e. The summed E-state index contributed by atoms with van der Waals surface area (Å²) in [5.74, 6) is -0.138. The zero-order valence-corrected chi connectivity index (χ0v) is 18.9. The molecule has 184 valence electrons. The second-order valence-corrected chi connectivity index (χ2v) is 9.90. The van der Waals surface area contributed by atoms with E-state index >= 15 is 0 Å². The van der Waals surface area contributed by atoms with Crippen molar-refractivity contribution in [2.45, 2.75) is 38.2 Å². The Morgan fingerprint density at radius 2 is 1.94 bits per heavy atom. The second kappa shape index (κ2) is 8.08. The Bertz CT molecular complexity index is 1300. The van der Waals surface area contributed by atoms with Crippen molar-refractivity contribution in [3.63, 3.8) is 0 Å². The van der Waals surface area contributed by atoms with Crippen LogP contribution in [0.1, 0.15) is 54.2 Å². The number of hydrogen-bond acceptors (Lipinski definition) is 7. The normalized spacial score (nSPS) is 23.5. The Labute approximate surface area is 199 Å². The number of amides is 1. The highest BCUT2D eigenvalue weighted by atomic mass is 19.3. The summed E-state index contributed by atoms with van der Waals surface area (Å²) in [4.78, 5) is 30.3. The van der Waals surface area contributed by atoms with Crippen molar-refractivity contribution in [2.75, 3.05) is 31.2 Å². The summed E-state index contributed by atoms with van der Waals surface area (Å²) in [5, 5.41) is 8.58. The molecule has 3 aromatic heterocycles. The summed E-state index contributed by atoms with van der Waals surface area (Å²) in [6, 6.07) is 1.68. The van der Waals surface area contributed by atoms with Gasteiger partial charge in [-0.25, -0.2) is 18.3 Å². The number of nitrogens with zero attached hydrogens (tertiary/aromatic N) is 6. The molecule has 3 aliphatic rings. The number of carbonyl (C=O) groups is 2. The summed E-state index contributed by atoms with van der Waals surface area (Å²) in [6.07, 6.45) is 3.94. The van der Waals surface area contributed by atoms with E-state index in [0.717, 1.165) is 32.6 Å². The molecule has 0 radical (unpaired) electrons. The topological polar surface area (TPSA) is 121 Å². The van der Waals surface area contributed by atoms with Gasteiger partial charge in [0.25, 0.3) is 12.3 Å². The molecule has 1 amide bonds. The molecule has 1 aliphatic carbocycles. The Balaban J connectivity index is 1.38. The lowest BCUT2D eigenvalue weighted by Gasteiger charge is -2.55. The van der Waals surface area contributed by atoms with Crippen molar-refractivity contribution in [1.82, 2.24) is 24.4 Å². The number of primary amides is 1. The number of alkyl halides is 2. The minimum absolute atomic E-state index is 0.00544. The first-order valence-corrected chi connectivity index (χ1v) is 11.7. The molecule has 0 atom stereocenters. The summed E-state index contributed by atoms with van der Waals surface area (Å²) in [6.45, 7) is 3.06. The van der Waals surface area contributed by atoms with Gasteiger partial charge >= 0.3 is 0 Å². The molecule has 3 aromatic rings. The van der Waals surface area contributed by atoms with E-state index < -0.39 is 18.0 Å². The summed E-state index contributed by atoms with van der Waals surface area (Å²) >= 11 is 0. The molecule has 6 rings (SSSR count). The molecule has 10 nitrogen and oxygen atoms in total. The van der Waals surface area contributed by atoms with Gasteiger partial charge in [-0.3, -0.25) is 9.48 Å². The first-order valence-electron chi connectivity index (χ1n) is 11.7. The van der Waals surface area contributed by atoms with Gasteiger partial charge in [-0.2, -0.15) is 10.2 Å². The first kappa shape index (κ1) is 22.1. The van der Waals surface area contributed by atoms with Crippen molar-refractivity contribution in [3.05, 3.63) is 29.7 Å². The molecule has 1 spiro atoms. The van der Waals surface area contributed by atoms with Crippen molar-refractivity contribution in [1.29, 1.82) is 0 Å². The number of carbonyl (C=O) groups excluding carboxylic acids is 2. The van der Waals surface area contributed by atoms with Crippen LogP contribution in [0.4, 0.5) is 14.6 Å². The van der Waals surface area contributed by atoms with Crippen molar-refractivity contribution in [3.8, 4) is 11.3 Å². The Hall–Kier alpha value is -3.41. The highest BCUT2D eigenvalue weighted by Gasteiger charge is 2.49. The number of nitrogens with two attached hydrogens (primary N) is 1. The van der Waals surface area contributed by atoms with Gasteiger partial charge in [0.1, 0.15) is 29.1 Å². The standard InChI is InChI=1S/C23H25F2N7O3/c24-20(25)19-15(7-32(29-19)14-3-1-13(8-33)2-4-14)18-17(21(26)34)22-27-16(5-6-31(22)28-18)30-9-23(10-30)11-35-12-23/h5-8,13-14,20H,1-4,9-12H2,(H2,26,34). The number of hydrogen-bond donors (Lipinski definition) is 1. The zero-order chi connectivity index (χ0) is 24.3. The number of aldehydes is 1. The van der Waals surface area contributed by atoms with Gasteiger partial charge in [-0.15, -0.1) is 0 Å². The van der Waals surface area contributed by atoms with E-state index in [1.807, 2.05) is 0 Å². The van der Waals surface area contributed by atoms with Crippen LogP contribution in [0.3, 0.4) is 0 Å². The van der Waals surface area contributed by atoms with E-state index in [9.17, 15) is 18.4 Å². The lowest BCUT2D eigenvalue weighted by Crippen LogP contribution is -2.66. The van der Waals surface area contributed by atoms with Crippen molar-refractivity contribution in [2.24, 2.45) is 17.1 Å². The number of rotatable bonds is 6. The lowest BCUT2D eigenvalue weighted by atomic mass is 9.78. The molecule has 2 N–H and O–H groups in total. The van der Waals surface area contributed by atoms with Gasteiger partial charge in [0.15, 0.2) is 5.65 Å². The quantitative estimate of drug-likeness (QED) is 0.532. The van der Waals surface area contributed by atoms with Crippen LogP contribution in [-0.2, 0) is 9.53 Å². The van der Waals surface area contributed by atoms with Gasteiger partial charge < -0.3 is 20.2 Å². The molecule has 0 unspecified atom stereocenters. The highest BCUT2D eigenvalue weighted by molar-refractivity contribution is 6.05. The lowest BCUT2D eigenvalue weighted by molar-refractivity contribution is -0.127. The van der Waals surface area contributed by atoms with E-state index in [0.29, 0.717) is 31.5 Å². The van der Waals surface area contributed by atoms with E-state index in [4.69, 9.17) is 10.5 Å². The van der Waals surface area contributed by atoms with Crippen molar-refractivity contribution >= 4 is 23.7 Å². The number of anilines is 1. The predicted octanol–water partition coefficient (Wildman–Crippen LogP) is 2.40. The average Bonchev–Trinajstić information content (AvgIpc) is 3.39. The molecule has 5 heterocycles. The maximum Gasteiger partial charge on any atom is 0.282 e. The van der Waals surface area contributed by atoms with Gasteiger partial charge in [-0.1, -0.05) is 0 Å². The maximum absolute atomic E-state index is 14.0. The number of aromatic nitrogens is 5.